The number of rotatable bonds is 6. The van der Waals surface area contributed by atoms with Crippen molar-refractivity contribution in [3.8, 4) is 16.2 Å². The Hall–Kier alpha value is -1.85. The average Bonchev–Trinajstić information content (AvgIpc) is 2.88. The summed E-state index contributed by atoms with van der Waals surface area (Å²) in [5.41, 5.74) is 1.21. The Balaban J connectivity index is 2.17. The highest BCUT2D eigenvalue weighted by molar-refractivity contribution is 7.14. The van der Waals surface area contributed by atoms with Gasteiger partial charge in [-0.2, -0.15) is 0 Å². The van der Waals surface area contributed by atoms with Gasteiger partial charge < -0.3 is 14.7 Å². The summed E-state index contributed by atoms with van der Waals surface area (Å²) in [7, 11) is 3.98. The number of ether oxygens (including phenoxy) is 1. The zero-order chi connectivity index (χ0) is 14.5. The molecule has 0 bridgehead atoms. The lowest BCUT2D eigenvalue weighted by molar-refractivity contribution is 0.0698. The monoisotopic (exact) mass is 291 g/mol. The molecule has 0 aliphatic carbocycles. The van der Waals surface area contributed by atoms with Gasteiger partial charge in [0.2, 0.25) is 0 Å². The Bertz CT molecular complexity index is 592. The molecule has 2 aromatic rings. The summed E-state index contributed by atoms with van der Waals surface area (Å²) in [4.78, 5) is 14.0. The van der Waals surface area contributed by atoms with Crippen LogP contribution in [-0.2, 0) is 0 Å². The number of hydrogen-bond donors (Lipinski definition) is 1. The Morgan fingerprint density at radius 2 is 2.15 bits per heavy atom. The van der Waals surface area contributed by atoms with E-state index in [4.69, 9.17) is 9.84 Å². The van der Waals surface area contributed by atoms with E-state index in [-0.39, 0.29) is 0 Å². The van der Waals surface area contributed by atoms with E-state index >= 15 is 0 Å². The molecular weight excluding hydrogens is 274 g/mol. The molecule has 0 fully saturated rings. The summed E-state index contributed by atoms with van der Waals surface area (Å²) in [6, 6.07) is 9.17. The molecule has 106 valence electrons. The topological polar surface area (TPSA) is 49.8 Å². The molecule has 2 rings (SSSR count). The van der Waals surface area contributed by atoms with Crippen molar-refractivity contribution in [3.05, 3.63) is 41.3 Å². The fourth-order valence-corrected chi connectivity index (χ4v) is 2.66. The fourth-order valence-electron chi connectivity index (χ4n) is 1.77. The summed E-state index contributed by atoms with van der Waals surface area (Å²) < 4.78 is 5.67. The minimum Gasteiger partial charge on any atom is -0.492 e. The molecule has 0 aliphatic heterocycles. The number of benzene rings is 1. The highest BCUT2D eigenvalue weighted by Crippen LogP contribution is 2.31. The van der Waals surface area contributed by atoms with Gasteiger partial charge in [0.15, 0.2) is 0 Å². The number of carboxylic acids is 1. The van der Waals surface area contributed by atoms with Crippen molar-refractivity contribution >= 4 is 17.3 Å². The number of nitrogens with zero attached hydrogens (tertiary/aromatic N) is 1. The maximum Gasteiger partial charge on any atom is 0.337 e. The first-order valence-corrected chi connectivity index (χ1v) is 7.14. The van der Waals surface area contributed by atoms with Crippen molar-refractivity contribution in [2.45, 2.75) is 0 Å². The molecule has 0 atom stereocenters. The lowest BCUT2D eigenvalue weighted by Crippen LogP contribution is -2.19. The van der Waals surface area contributed by atoms with E-state index in [1.165, 1.54) is 11.3 Å². The van der Waals surface area contributed by atoms with Crippen LogP contribution in [-0.4, -0.2) is 43.2 Å². The number of carbonyl (C=O) groups is 1. The van der Waals surface area contributed by atoms with Gasteiger partial charge in [0.1, 0.15) is 12.4 Å². The first-order valence-electron chi connectivity index (χ1n) is 6.26. The van der Waals surface area contributed by atoms with Crippen LogP contribution in [0.25, 0.3) is 10.4 Å². The Labute approximate surface area is 122 Å². The molecule has 0 saturated heterocycles. The summed E-state index contributed by atoms with van der Waals surface area (Å²) in [5, 5.41) is 10.9. The fraction of sp³-hybridized carbons (Fsp3) is 0.267. The molecule has 0 unspecified atom stereocenters. The summed E-state index contributed by atoms with van der Waals surface area (Å²) >= 11 is 1.42. The minimum atomic E-state index is -0.903. The highest BCUT2D eigenvalue weighted by atomic mass is 32.1. The van der Waals surface area contributed by atoms with Crippen LogP contribution in [0.5, 0.6) is 5.75 Å². The maximum absolute atomic E-state index is 11.2. The van der Waals surface area contributed by atoms with Crippen LogP contribution in [0.1, 0.15) is 10.4 Å². The third-order valence-corrected chi connectivity index (χ3v) is 3.76. The number of carboxylic acid groups (broad SMARTS) is 1. The van der Waals surface area contributed by atoms with Gasteiger partial charge in [-0.1, -0.05) is 12.1 Å². The lowest BCUT2D eigenvalue weighted by atomic mass is 10.1. The molecule has 0 saturated carbocycles. The van der Waals surface area contributed by atoms with Gasteiger partial charge in [0.05, 0.1) is 5.56 Å². The van der Waals surface area contributed by atoms with Crippen molar-refractivity contribution in [1.82, 2.24) is 4.90 Å². The molecule has 1 aromatic carbocycles. The number of thiophene rings is 1. The predicted octanol–water partition coefficient (Wildman–Crippen LogP) is 3.05. The molecular formula is C15H17NO3S. The van der Waals surface area contributed by atoms with Crippen molar-refractivity contribution < 1.29 is 14.6 Å². The zero-order valence-corrected chi connectivity index (χ0v) is 12.3. The van der Waals surface area contributed by atoms with Crippen LogP contribution < -0.4 is 4.74 Å². The smallest absolute Gasteiger partial charge is 0.337 e. The van der Waals surface area contributed by atoms with Crippen LogP contribution in [0.15, 0.2) is 35.7 Å². The van der Waals surface area contributed by atoms with Crippen molar-refractivity contribution in [3.63, 3.8) is 0 Å². The van der Waals surface area contributed by atoms with E-state index in [9.17, 15) is 4.79 Å². The zero-order valence-electron chi connectivity index (χ0n) is 11.5. The predicted molar refractivity (Wildman–Crippen MR) is 80.8 cm³/mol. The van der Waals surface area contributed by atoms with Gasteiger partial charge in [-0.25, -0.2) is 4.79 Å². The van der Waals surface area contributed by atoms with E-state index in [1.54, 1.807) is 11.4 Å². The third kappa shape index (κ3) is 3.59. The minimum absolute atomic E-state index is 0.334. The van der Waals surface area contributed by atoms with Crippen LogP contribution in [0.4, 0.5) is 0 Å². The SMILES string of the molecule is CN(C)CCOc1cccc(-c2sccc2C(=O)O)c1. The molecule has 0 spiro atoms. The summed E-state index contributed by atoms with van der Waals surface area (Å²) in [5.74, 6) is -0.144. The van der Waals surface area contributed by atoms with Crippen LogP contribution in [0.2, 0.25) is 0 Å². The molecule has 4 nitrogen and oxygen atoms in total. The van der Waals surface area contributed by atoms with Crippen molar-refractivity contribution in [2.75, 3.05) is 27.2 Å². The van der Waals surface area contributed by atoms with Gasteiger partial charge in [-0.15, -0.1) is 11.3 Å². The van der Waals surface area contributed by atoms with Crippen LogP contribution in [0, 0.1) is 0 Å². The third-order valence-electron chi connectivity index (χ3n) is 2.80. The molecule has 1 aromatic heterocycles. The second-order valence-electron chi connectivity index (χ2n) is 4.65. The van der Waals surface area contributed by atoms with E-state index in [1.807, 2.05) is 43.3 Å². The molecule has 1 N–H and O–H groups in total. The number of aromatic carboxylic acids is 1. The van der Waals surface area contributed by atoms with Crippen LogP contribution >= 0.6 is 11.3 Å². The first kappa shape index (κ1) is 14.6. The summed E-state index contributed by atoms with van der Waals surface area (Å²) in [6.07, 6.45) is 0. The quantitative estimate of drug-likeness (QED) is 0.888. The molecule has 0 radical (unpaired) electrons. The maximum atomic E-state index is 11.2. The van der Waals surface area contributed by atoms with E-state index in [0.29, 0.717) is 12.2 Å². The van der Waals surface area contributed by atoms with Crippen molar-refractivity contribution in [1.29, 1.82) is 0 Å². The number of hydrogen-bond acceptors (Lipinski definition) is 4. The van der Waals surface area contributed by atoms with Gasteiger partial charge >= 0.3 is 5.97 Å². The molecule has 1 heterocycles. The first-order chi connectivity index (χ1) is 9.58. The molecule has 5 heteroatoms. The molecule has 0 amide bonds. The lowest BCUT2D eigenvalue weighted by Gasteiger charge is -2.11. The van der Waals surface area contributed by atoms with Gasteiger partial charge in [-0.3, -0.25) is 0 Å². The van der Waals surface area contributed by atoms with Gasteiger partial charge in [-0.05, 0) is 43.2 Å². The Kier molecular flexibility index (Phi) is 4.76. The average molecular weight is 291 g/mol. The van der Waals surface area contributed by atoms with Gasteiger partial charge in [0, 0.05) is 11.4 Å². The Morgan fingerprint density at radius 1 is 1.35 bits per heavy atom. The van der Waals surface area contributed by atoms with Crippen molar-refractivity contribution in [2.24, 2.45) is 0 Å². The molecule has 20 heavy (non-hydrogen) atoms. The second-order valence-corrected chi connectivity index (χ2v) is 5.56. The molecule has 0 aliphatic rings. The van der Waals surface area contributed by atoms with Crippen LogP contribution in [0.3, 0.4) is 0 Å². The van der Waals surface area contributed by atoms with Gasteiger partial charge in [0.25, 0.3) is 0 Å². The van der Waals surface area contributed by atoms with E-state index < -0.39 is 5.97 Å². The second kappa shape index (κ2) is 6.54. The Morgan fingerprint density at radius 3 is 2.85 bits per heavy atom. The van der Waals surface area contributed by atoms with E-state index in [2.05, 4.69) is 0 Å². The highest BCUT2D eigenvalue weighted by Gasteiger charge is 2.13. The van der Waals surface area contributed by atoms with E-state index in [0.717, 1.165) is 22.7 Å². The number of likely N-dealkylation sites (N-methyl/N-ethyl adjacent to an activating group) is 1. The summed E-state index contributed by atoms with van der Waals surface area (Å²) in [6.45, 7) is 1.44. The standard InChI is InChI=1S/C15H17NO3S/c1-16(2)7-8-19-12-5-3-4-11(10-12)14-13(15(17)18)6-9-20-14/h3-6,9-10H,7-8H2,1-2H3,(H,17,18). The normalized spacial score (nSPS) is 10.8. The largest absolute Gasteiger partial charge is 0.492 e.